The molecule has 6 nitrogen and oxygen atoms in total. The number of carbonyl (C=O) groups is 3. The lowest BCUT2D eigenvalue weighted by Gasteiger charge is -2.26. The fourth-order valence-electron chi connectivity index (χ4n) is 3.51. The number of hydrogen-bond acceptors (Lipinski definition) is 5. The zero-order valence-corrected chi connectivity index (χ0v) is 17.6. The number of nitrogens with zero attached hydrogens (tertiary/aromatic N) is 1. The average Bonchev–Trinajstić information content (AvgIpc) is 3.18. The van der Waals surface area contributed by atoms with Gasteiger partial charge in [0, 0.05) is 11.6 Å². The predicted molar refractivity (Wildman–Crippen MR) is 109 cm³/mol. The Morgan fingerprint density at radius 1 is 1.12 bits per heavy atom. The highest BCUT2D eigenvalue weighted by molar-refractivity contribution is 7.12. The number of carboxylic acid groups (broad SMARTS) is 1. The summed E-state index contributed by atoms with van der Waals surface area (Å²) in [4.78, 5) is 37.1. The summed E-state index contributed by atoms with van der Waals surface area (Å²) in [6.45, 7) is -0.869. The van der Waals surface area contributed by atoms with Crippen LogP contribution in [0.15, 0.2) is 41.8 Å². The third-order valence-corrected chi connectivity index (χ3v) is 6.05. The monoisotopic (exact) mass is 497 g/mol. The van der Waals surface area contributed by atoms with Crippen LogP contribution >= 0.6 is 11.3 Å². The van der Waals surface area contributed by atoms with E-state index in [1.165, 1.54) is 5.38 Å². The van der Waals surface area contributed by atoms with E-state index in [0.29, 0.717) is 11.0 Å². The van der Waals surface area contributed by atoms with Crippen LogP contribution in [0.2, 0.25) is 0 Å². The van der Waals surface area contributed by atoms with Crippen molar-refractivity contribution in [1.82, 2.24) is 0 Å². The first-order valence-electron chi connectivity index (χ1n) is 9.47. The number of ether oxygens (including phenoxy) is 1. The van der Waals surface area contributed by atoms with E-state index >= 15 is 0 Å². The lowest BCUT2D eigenvalue weighted by atomic mass is 10.0. The van der Waals surface area contributed by atoms with Gasteiger partial charge in [-0.1, -0.05) is 6.07 Å². The molecule has 1 aromatic heterocycles. The van der Waals surface area contributed by atoms with Crippen LogP contribution in [0.4, 0.5) is 27.6 Å². The summed E-state index contributed by atoms with van der Waals surface area (Å²) in [5.41, 5.74) is -2.66. The van der Waals surface area contributed by atoms with Crippen LogP contribution in [0, 0.1) is 11.6 Å². The van der Waals surface area contributed by atoms with Crippen LogP contribution in [-0.2, 0) is 24.0 Å². The number of alkyl halides is 3. The molecule has 0 saturated heterocycles. The van der Waals surface area contributed by atoms with E-state index in [-0.39, 0.29) is 28.2 Å². The molecule has 34 heavy (non-hydrogen) atoms. The number of imide groups is 1. The van der Waals surface area contributed by atoms with E-state index in [9.17, 15) is 41.4 Å². The van der Waals surface area contributed by atoms with E-state index in [0.717, 1.165) is 41.7 Å². The van der Waals surface area contributed by atoms with Crippen LogP contribution in [0.25, 0.3) is 0 Å². The first-order chi connectivity index (χ1) is 16.0. The fraction of sp³-hybridized carbons (Fsp3) is 0.136. The van der Waals surface area contributed by atoms with Crippen LogP contribution < -0.4 is 9.64 Å². The number of halogens is 5. The van der Waals surface area contributed by atoms with Crippen LogP contribution in [-0.4, -0.2) is 22.9 Å². The Morgan fingerprint density at radius 2 is 1.85 bits per heavy atom. The highest BCUT2D eigenvalue weighted by Crippen LogP contribution is 2.36. The van der Waals surface area contributed by atoms with Crippen molar-refractivity contribution in [2.75, 3.05) is 4.90 Å². The third-order valence-electron chi connectivity index (χ3n) is 5.04. The minimum absolute atomic E-state index is 0.195. The van der Waals surface area contributed by atoms with Crippen molar-refractivity contribution in [1.29, 1.82) is 0 Å². The molecule has 1 aliphatic rings. The molecule has 2 aromatic carbocycles. The van der Waals surface area contributed by atoms with Crippen LogP contribution in [0.5, 0.6) is 5.75 Å². The summed E-state index contributed by atoms with van der Waals surface area (Å²) >= 11 is 0.749. The van der Waals surface area contributed by atoms with Gasteiger partial charge in [-0.05, 0) is 35.2 Å². The zero-order chi connectivity index (χ0) is 24.8. The molecule has 176 valence electrons. The Kier molecular flexibility index (Phi) is 5.86. The lowest BCUT2D eigenvalue weighted by Crippen LogP contribution is -2.43. The maximum absolute atomic E-state index is 14.6. The first kappa shape index (κ1) is 23.4. The molecule has 2 amide bonds. The van der Waals surface area contributed by atoms with Gasteiger partial charge in [0.1, 0.15) is 28.9 Å². The summed E-state index contributed by atoms with van der Waals surface area (Å²) in [5.74, 6) is -5.73. The van der Waals surface area contributed by atoms with E-state index in [4.69, 9.17) is 4.74 Å². The molecule has 2 heterocycles. The molecule has 0 aliphatic carbocycles. The van der Waals surface area contributed by atoms with Crippen LogP contribution in [0.3, 0.4) is 0 Å². The molecule has 12 heteroatoms. The number of hydrogen-bond donors (Lipinski definition) is 1. The molecule has 0 fully saturated rings. The summed E-state index contributed by atoms with van der Waals surface area (Å²) in [6.07, 6.45) is -5.21. The number of aromatic carboxylic acids is 1. The first-order valence-corrected chi connectivity index (χ1v) is 10.3. The highest BCUT2D eigenvalue weighted by atomic mass is 32.1. The average molecular weight is 497 g/mol. The molecule has 0 bridgehead atoms. The second-order valence-electron chi connectivity index (χ2n) is 7.15. The van der Waals surface area contributed by atoms with Gasteiger partial charge in [-0.3, -0.25) is 9.59 Å². The zero-order valence-electron chi connectivity index (χ0n) is 16.8. The topological polar surface area (TPSA) is 83.9 Å². The van der Waals surface area contributed by atoms with Gasteiger partial charge in [0.2, 0.25) is 5.91 Å². The molecule has 0 radical (unpaired) electrons. The summed E-state index contributed by atoms with van der Waals surface area (Å²) < 4.78 is 73.4. The van der Waals surface area contributed by atoms with E-state index < -0.39 is 59.0 Å². The number of carbonyl (C=O) groups excluding carboxylic acids is 2. The van der Waals surface area contributed by atoms with Crippen molar-refractivity contribution < 1.29 is 46.2 Å². The standard InChI is InChI=1S/C22H12F5NO5S/c23-14-3-1-2-13(22(25,26)27)12(14)8-33-11-4-5-15(24)16(7-11)28-17(29)6-10-9-34-19(21(31)32)18(10)20(28)30/h1-5,7,9H,6,8H2,(H,31,32). The molecule has 0 saturated carbocycles. The van der Waals surface area contributed by atoms with Crippen molar-refractivity contribution in [3.05, 3.63) is 80.5 Å². The van der Waals surface area contributed by atoms with Gasteiger partial charge >= 0.3 is 12.1 Å². The normalized spacial score (nSPS) is 13.7. The molecule has 0 spiro atoms. The Morgan fingerprint density at radius 3 is 2.53 bits per heavy atom. The smallest absolute Gasteiger partial charge is 0.416 e. The quantitative estimate of drug-likeness (QED) is 0.394. The van der Waals surface area contributed by atoms with Gasteiger partial charge in [-0.2, -0.15) is 13.2 Å². The van der Waals surface area contributed by atoms with Gasteiger partial charge < -0.3 is 9.84 Å². The number of rotatable bonds is 5. The molecule has 1 aliphatic heterocycles. The number of fused-ring (bicyclic) bond motifs is 1. The highest BCUT2D eigenvalue weighted by Gasteiger charge is 2.38. The summed E-state index contributed by atoms with van der Waals surface area (Å²) in [7, 11) is 0. The number of carboxylic acids is 1. The number of thiophene rings is 1. The molecule has 0 unspecified atom stereocenters. The Balaban J connectivity index is 1.67. The fourth-order valence-corrected chi connectivity index (χ4v) is 4.40. The Hall–Kier alpha value is -3.80. The second-order valence-corrected chi connectivity index (χ2v) is 8.03. The van der Waals surface area contributed by atoms with E-state index in [1.54, 1.807) is 0 Å². The summed E-state index contributed by atoms with van der Waals surface area (Å²) in [5, 5.41) is 10.7. The molecule has 1 N–H and O–H groups in total. The number of benzene rings is 2. The second kappa shape index (κ2) is 8.52. The molecular weight excluding hydrogens is 485 g/mol. The van der Waals surface area contributed by atoms with Crippen molar-refractivity contribution in [3.63, 3.8) is 0 Å². The minimum atomic E-state index is -4.85. The van der Waals surface area contributed by atoms with Crippen molar-refractivity contribution in [2.45, 2.75) is 19.2 Å². The van der Waals surface area contributed by atoms with Gasteiger partial charge in [-0.25, -0.2) is 18.5 Å². The van der Waals surface area contributed by atoms with Gasteiger partial charge in [0.05, 0.1) is 23.2 Å². The molecule has 3 aromatic rings. The third kappa shape index (κ3) is 4.12. The maximum atomic E-state index is 14.6. The SMILES string of the molecule is O=C(O)c1scc2c1C(=O)N(c1cc(OCc3c(F)cccc3C(F)(F)F)ccc1F)C(=O)C2. The van der Waals surface area contributed by atoms with E-state index in [1.807, 2.05) is 0 Å². The van der Waals surface area contributed by atoms with Gasteiger partial charge in [0.15, 0.2) is 0 Å². The minimum Gasteiger partial charge on any atom is -0.489 e. The summed E-state index contributed by atoms with van der Waals surface area (Å²) in [6, 6.07) is 5.16. The van der Waals surface area contributed by atoms with E-state index in [2.05, 4.69) is 0 Å². The van der Waals surface area contributed by atoms with Crippen molar-refractivity contribution >= 4 is 34.8 Å². The number of amides is 2. The number of anilines is 1. The maximum Gasteiger partial charge on any atom is 0.416 e. The van der Waals surface area contributed by atoms with Gasteiger partial charge in [0.25, 0.3) is 5.91 Å². The molecular formula is C22H12F5NO5S. The Bertz CT molecular complexity index is 1330. The van der Waals surface area contributed by atoms with Crippen molar-refractivity contribution in [3.8, 4) is 5.75 Å². The van der Waals surface area contributed by atoms with Crippen LogP contribution in [0.1, 0.15) is 36.7 Å². The Labute approximate surface area is 191 Å². The largest absolute Gasteiger partial charge is 0.489 e. The predicted octanol–water partition coefficient (Wildman–Crippen LogP) is 5.05. The molecule has 0 atom stereocenters. The van der Waals surface area contributed by atoms with Gasteiger partial charge in [-0.15, -0.1) is 11.3 Å². The van der Waals surface area contributed by atoms with Crippen molar-refractivity contribution in [2.24, 2.45) is 0 Å². The lowest BCUT2D eigenvalue weighted by molar-refractivity contribution is -0.138. The molecule has 4 rings (SSSR count).